The molecular formula is C15H32N2O3Si. The molecule has 0 aliphatic heterocycles. The Morgan fingerprint density at radius 1 is 1.38 bits per heavy atom. The molecule has 2 atom stereocenters. The minimum absolute atomic E-state index is 0.288. The second-order valence-electron chi connectivity index (χ2n) is 7.50. The molecule has 0 saturated heterocycles. The molecule has 0 unspecified atom stereocenters. The largest absolute Gasteiger partial charge is 0.450 e. The van der Waals surface area contributed by atoms with Crippen LogP contribution in [0.4, 0.5) is 4.79 Å². The monoisotopic (exact) mass is 316 g/mol. The molecule has 1 aliphatic rings. The average Bonchev–Trinajstić information content (AvgIpc) is 2.89. The van der Waals surface area contributed by atoms with Crippen LogP contribution in [-0.2, 0) is 4.74 Å². The number of hydrogen-bond acceptors (Lipinski definition) is 4. The summed E-state index contributed by atoms with van der Waals surface area (Å²) >= 11 is 0. The van der Waals surface area contributed by atoms with Gasteiger partial charge < -0.3 is 20.5 Å². The third-order valence-corrected chi connectivity index (χ3v) is 5.90. The maximum Gasteiger partial charge on any atom is 0.409 e. The van der Waals surface area contributed by atoms with Gasteiger partial charge in [0.15, 0.2) is 0 Å². The molecule has 1 fully saturated rings. The van der Waals surface area contributed by atoms with Gasteiger partial charge >= 0.3 is 6.09 Å². The van der Waals surface area contributed by atoms with Gasteiger partial charge in [-0.2, -0.15) is 0 Å². The number of aliphatic hydroxyl groups is 1. The zero-order valence-electron chi connectivity index (χ0n) is 14.0. The van der Waals surface area contributed by atoms with Crippen molar-refractivity contribution >= 4 is 14.2 Å². The minimum atomic E-state index is -1.19. The number of aliphatic hydroxyl groups excluding tert-OH is 1. The van der Waals surface area contributed by atoms with Gasteiger partial charge in [0.1, 0.15) is 0 Å². The van der Waals surface area contributed by atoms with Crippen LogP contribution in [-0.4, -0.2) is 56.5 Å². The summed E-state index contributed by atoms with van der Waals surface area (Å²) in [5.41, 5.74) is 6.04. The highest BCUT2D eigenvalue weighted by Crippen LogP contribution is 2.28. The fourth-order valence-electron chi connectivity index (χ4n) is 2.70. The zero-order chi connectivity index (χ0) is 16.0. The first-order valence-corrected chi connectivity index (χ1v) is 11.7. The van der Waals surface area contributed by atoms with Crippen molar-refractivity contribution < 1.29 is 14.6 Å². The first-order chi connectivity index (χ1) is 9.70. The van der Waals surface area contributed by atoms with Gasteiger partial charge in [-0.3, -0.25) is 0 Å². The smallest absolute Gasteiger partial charge is 0.409 e. The molecule has 0 bridgehead atoms. The third-order valence-electron chi connectivity index (χ3n) is 4.20. The van der Waals surface area contributed by atoms with Crippen molar-refractivity contribution in [2.24, 2.45) is 11.7 Å². The predicted molar refractivity (Wildman–Crippen MR) is 88.1 cm³/mol. The molecular weight excluding hydrogens is 284 g/mol. The van der Waals surface area contributed by atoms with Crippen molar-refractivity contribution in [2.75, 3.05) is 20.2 Å². The number of hydrogen-bond donors (Lipinski definition) is 2. The van der Waals surface area contributed by atoms with E-state index in [-0.39, 0.29) is 12.0 Å². The number of amides is 1. The van der Waals surface area contributed by atoms with E-state index in [1.165, 1.54) is 17.7 Å². The van der Waals surface area contributed by atoms with E-state index in [1.807, 2.05) is 0 Å². The molecule has 1 saturated carbocycles. The Morgan fingerprint density at radius 3 is 2.48 bits per heavy atom. The SMILES string of the molecule is CN(C[C@@H](N)[C@H](O)C1CCCC1)C(=O)OCC[Si](C)(C)C. The minimum Gasteiger partial charge on any atom is -0.450 e. The highest BCUT2D eigenvalue weighted by atomic mass is 28.3. The van der Waals surface area contributed by atoms with E-state index in [2.05, 4.69) is 19.6 Å². The van der Waals surface area contributed by atoms with E-state index in [0.717, 1.165) is 18.9 Å². The second-order valence-corrected chi connectivity index (χ2v) is 13.1. The molecule has 0 radical (unpaired) electrons. The molecule has 0 aromatic carbocycles. The Kier molecular flexibility index (Phi) is 7.16. The summed E-state index contributed by atoms with van der Waals surface area (Å²) in [5.74, 6) is 0.288. The lowest BCUT2D eigenvalue weighted by Crippen LogP contribution is -2.48. The van der Waals surface area contributed by atoms with Crippen molar-refractivity contribution in [3.63, 3.8) is 0 Å². The van der Waals surface area contributed by atoms with Crippen LogP contribution in [0.25, 0.3) is 0 Å². The molecule has 6 heteroatoms. The highest BCUT2D eigenvalue weighted by Gasteiger charge is 2.29. The molecule has 1 amide bonds. The lowest BCUT2D eigenvalue weighted by Gasteiger charge is -2.28. The maximum atomic E-state index is 11.9. The molecule has 0 heterocycles. The van der Waals surface area contributed by atoms with Crippen molar-refractivity contribution in [1.29, 1.82) is 0 Å². The topological polar surface area (TPSA) is 75.8 Å². The van der Waals surface area contributed by atoms with Crippen LogP contribution in [0.1, 0.15) is 25.7 Å². The van der Waals surface area contributed by atoms with Crippen LogP contribution in [0.3, 0.4) is 0 Å². The Hall–Kier alpha value is -0.593. The van der Waals surface area contributed by atoms with Gasteiger partial charge in [0.25, 0.3) is 0 Å². The number of nitrogens with two attached hydrogens (primary N) is 1. The van der Waals surface area contributed by atoms with Gasteiger partial charge in [-0.05, 0) is 24.8 Å². The van der Waals surface area contributed by atoms with Gasteiger partial charge in [0, 0.05) is 27.7 Å². The van der Waals surface area contributed by atoms with Crippen LogP contribution in [0, 0.1) is 5.92 Å². The Bertz CT molecular complexity index is 327. The Morgan fingerprint density at radius 2 is 1.95 bits per heavy atom. The van der Waals surface area contributed by atoms with E-state index in [1.54, 1.807) is 7.05 Å². The maximum absolute atomic E-state index is 11.9. The standard InChI is InChI=1S/C15H32N2O3Si/c1-17(15(19)20-9-10-21(2,3)4)11-13(16)14(18)12-7-5-6-8-12/h12-14,18H,5-11,16H2,1-4H3/t13-,14-/m1/s1. The van der Waals surface area contributed by atoms with Gasteiger partial charge in [-0.25, -0.2) is 4.79 Å². The van der Waals surface area contributed by atoms with Crippen LogP contribution in [0.5, 0.6) is 0 Å². The Balaban J connectivity index is 2.30. The molecule has 5 nitrogen and oxygen atoms in total. The molecule has 0 aromatic heterocycles. The first-order valence-electron chi connectivity index (χ1n) is 8.02. The number of rotatable bonds is 7. The lowest BCUT2D eigenvalue weighted by molar-refractivity contribution is 0.0651. The molecule has 21 heavy (non-hydrogen) atoms. The van der Waals surface area contributed by atoms with Crippen molar-refractivity contribution in [1.82, 2.24) is 4.90 Å². The van der Waals surface area contributed by atoms with Gasteiger partial charge in [0.2, 0.25) is 0 Å². The summed E-state index contributed by atoms with van der Waals surface area (Å²) in [6.07, 6.45) is 3.55. The van der Waals surface area contributed by atoms with Crippen LogP contribution in [0.2, 0.25) is 25.7 Å². The van der Waals surface area contributed by atoms with E-state index < -0.39 is 20.2 Å². The first kappa shape index (κ1) is 18.5. The fourth-order valence-corrected chi connectivity index (χ4v) is 3.42. The number of nitrogens with zero attached hydrogens (tertiary/aromatic N) is 1. The van der Waals surface area contributed by atoms with Gasteiger partial charge in [-0.15, -0.1) is 0 Å². The summed E-state index contributed by atoms with van der Waals surface area (Å²) < 4.78 is 5.27. The normalized spacial score (nSPS) is 19.3. The molecule has 3 N–H and O–H groups in total. The van der Waals surface area contributed by atoms with E-state index in [0.29, 0.717) is 13.2 Å². The van der Waals surface area contributed by atoms with Crippen molar-refractivity contribution in [3.8, 4) is 0 Å². The Labute approximate surface area is 129 Å². The van der Waals surface area contributed by atoms with Crippen LogP contribution < -0.4 is 5.73 Å². The summed E-state index contributed by atoms with van der Waals surface area (Å²) in [6, 6.07) is 0.561. The van der Waals surface area contributed by atoms with E-state index in [9.17, 15) is 9.90 Å². The quantitative estimate of drug-likeness (QED) is 0.707. The number of ether oxygens (including phenoxy) is 1. The summed E-state index contributed by atoms with van der Waals surface area (Å²) in [4.78, 5) is 13.4. The molecule has 124 valence electrons. The van der Waals surface area contributed by atoms with Crippen molar-refractivity contribution in [2.45, 2.75) is 63.5 Å². The molecule has 1 aliphatic carbocycles. The fraction of sp³-hybridized carbons (Fsp3) is 0.933. The number of carbonyl (C=O) groups excluding carboxylic acids is 1. The molecule has 0 spiro atoms. The van der Waals surface area contributed by atoms with Gasteiger partial charge in [0.05, 0.1) is 12.7 Å². The summed E-state index contributed by atoms with van der Waals surface area (Å²) in [5, 5.41) is 10.2. The number of carbonyl (C=O) groups is 1. The van der Waals surface area contributed by atoms with E-state index >= 15 is 0 Å². The van der Waals surface area contributed by atoms with Gasteiger partial charge in [-0.1, -0.05) is 32.5 Å². The zero-order valence-corrected chi connectivity index (χ0v) is 15.0. The summed E-state index contributed by atoms with van der Waals surface area (Å²) in [7, 11) is 0.492. The second kappa shape index (κ2) is 8.15. The third kappa shape index (κ3) is 6.80. The van der Waals surface area contributed by atoms with E-state index in [4.69, 9.17) is 10.5 Å². The lowest BCUT2D eigenvalue weighted by atomic mass is 9.95. The highest BCUT2D eigenvalue weighted by molar-refractivity contribution is 6.76. The predicted octanol–water partition coefficient (Wildman–Crippen LogP) is 2.27. The average molecular weight is 317 g/mol. The summed E-state index contributed by atoms with van der Waals surface area (Å²) in [6.45, 7) is 7.55. The molecule has 0 aromatic rings. The van der Waals surface area contributed by atoms with Crippen LogP contribution >= 0.6 is 0 Å². The number of likely N-dealkylation sites (N-methyl/N-ethyl adjacent to an activating group) is 1. The van der Waals surface area contributed by atoms with Crippen molar-refractivity contribution in [3.05, 3.63) is 0 Å². The van der Waals surface area contributed by atoms with Crippen LogP contribution in [0.15, 0.2) is 0 Å². The molecule has 1 rings (SSSR count).